The van der Waals surface area contributed by atoms with Gasteiger partial charge < -0.3 is 40.9 Å². The van der Waals surface area contributed by atoms with E-state index in [0.29, 0.717) is 49.5 Å². The number of benzene rings is 8. The standard InChI is InChI=1S/C48H38O8/c1-47(30-10-13-32(49)14-11-30,40-18-8-27-5-3-4-6-35(27)45(40)55)31-12-22-42(52)37(24-31)29-7-17-36-28(23-29)9-19-41(46(36)56)48(2,38-20-15-33(50)25-43(38)53)39-21-16-34(51)26-44(39)54/h3-26,49-56H,1-2H3. The van der Waals surface area contributed by atoms with Gasteiger partial charge >= 0.3 is 0 Å². The van der Waals surface area contributed by atoms with Gasteiger partial charge in [0, 0.05) is 56.1 Å². The van der Waals surface area contributed by atoms with E-state index in [1.165, 1.54) is 36.4 Å². The molecular weight excluding hydrogens is 705 g/mol. The lowest BCUT2D eigenvalue weighted by molar-refractivity contribution is 0.421. The Morgan fingerprint density at radius 3 is 1.50 bits per heavy atom. The summed E-state index contributed by atoms with van der Waals surface area (Å²) in [5.41, 5.74) is 1.96. The Morgan fingerprint density at radius 1 is 0.357 bits per heavy atom. The van der Waals surface area contributed by atoms with Crippen molar-refractivity contribution in [3.8, 4) is 57.1 Å². The van der Waals surface area contributed by atoms with Crippen LogP contribution in [0.3, 0.4) is 0 Å². The number of hydrogen-bond donors (Lipinski definition) is 8. The molecule has 8 heteroatoms. The van der Waals surface area contributed by atoms with E-state index in [0.717, 1.165) is 16.5 Å². The topological polar surface area (TPSA) is 162 Å². The number of phenols is 8. The molecule has 0 saturated carbocycles. The largest absolute Gasteiger partial charge is 0.508 e. The van der Waals surface area contributed by atoms with Gasteiger partial charge in [-0.15, -0.1) is 0 Å². The zero-order valence-electron chi connectivity index (χ0n) is 30.4. The van der Waals surface area contributed by atoms with Gasteiger partial charge in [-0.05, 0) is 83.8 Å². The van der Waals surface area contributed by atoms with Gasteiger partial charge in [0.05, 0.1) is 5.41 Å². The molecule has 0 aliphatic rings. The molecule has 1 atom stereocenters. The van der Waals surface area contributed by atoms with E-state index in [-0.39, 0.29) is 46.0 Å². The van der Waals surface area contributed by atoms with Crippen molar-refractivity contribution in [2.45, 2.75) is 24.7 Å². The first kappa shape index (κ1) is 35.7. The van der Waals surface area contributed by atoms with Gasteiger partial charge in [-0.1, -0.05) is 91.0 Å². The molecule has 0 fully saturated rings. The first-order valence-corrected chi connectivity index (χ1v) is 18.0. The molecule has 0 aliphatic heterocycles. The molecule has 8 aromatic carbocycles. The van der Waals surface area contributed by atoms with E-state index >= 15 is 0 Å². The van der Waals surface area contributed by atoms with E-state index in [4.69, 9.17) is 0 Å². The van der Waals surface area contributed by atoms with E-state index in [1.807, 2.05) is 73.7 Å². The first-order valence-electron chi connectivity index (χ1n) is 18.0. The molecule has 8 aromatic rings. The third-order valence-electron chi connectivity index (χ3n) is 11.3. The summed E-state index contributed by atoms with van der Waals surface area (Å²) in [5, 5.41) is 90.2. The quantitative estimate of drug-likeness (QED) is 0.0749. The monoisotopic (exact) mass is 742 g/mol. The minimum Gasteiger partial charge on any atom is -0.508 e. The van der Waals surface area contributed by atoms with Gasteiger partial charge in [0.1, 0.15) is 46.0 Å². The normalized spacial score (nSPS) is 12.8. The average Bonchev–Trinajstić information content (AvgIpc) is 3.18. The maximum absolute atomic E-state index is 12.0. The van der Waals surface area contributed by atoms with Crippen LogP contribution in [0.15, 0.2) is 146 Å². The van der Waals surface area contributed by atoms with Crippen molar-refractivity contribution in [2.75, 3.05) is 0 Å². The Kier molecular flexibility index (Phi) is 8.42. The third kappa shape index (κ3) is 5.62. The predicted octanol–water partition coefficient (Wildman–Crippen LogP) is 10.0. The summed E-state index contributed by atoms with van der Waals surface area (Å²) in [6, 6.07) is 40.7. The van der Waals surface area contributed by atoms with Gasteiger partial charge in [0.25, 0.3) is 0 Å². The highest BCUT2D eigenvalue weighted by molar-refractivity contribution is 5.94. The van der Waals surface area contributed by atoms with Gasteiger partial charge in [0.15, 0.2) is 0 Å². The number of fused-ring (bicyclic) bond motifs is 2. The Morgan fingerprint density at radius 2 is 0.875 bits per heavy atom. The Hall–Kier alpha value is -7.32. The molecule has 1 unspecified atom stereocenters. The molecule has 0 aliphatic carbocycles. The second-order valence-electron chi connectivity index (χ2n) is 14.5. The van der Waals surface area contributed by atoms with Gasteiger partial charge in [-0.2, -0.15) is 0 Å². The van der Waals surface area contributed by atoms with E-state index in [2.05, 4.69) is 0 Å². The highest BCUT2D eigenvalue weighted by Crippen LogP contribution is 2.52. The number of rotatable bonds is 7. The Balaban J connectivity index is 1.28. The van der Waals surface area contributed by atoms with Crippen LogP contribution < -0.4 is 0 Å². The fourth-order valence-electron chi connectivity index (χ4n) is 8.21. The molecule has 0 saturated heterocycles. The molecule has 0 spiro atoms. The molecule has 0 heterocycles. The maximum Gasteiger partial charge on any atom is 0.127 e. The van der Waals surface area contributed by atoms with Crippen LogP contribution in [-0.4, -0.2) is 40.9 Å². The van der Waals surface area contributed by atoms with Crippen LogP contribution >= 0.6 is 0 Å². The molecule has 8 N–H and O–H groups in total. The van der Waals surface area contributed by atoms with Crippen LogP contribution in [0, 0.1) is 0 Å². The summed E-state index contributed by atoms with van der Waals surface area (Å²) >= 11 is 0. The summed E-state index contributed by atoms with van der Waals surface area (Å²) in [6.07, 6.45) is 0. The highest BCUT2D eigenvalue weighted by atomic mass is 16.3. The minimum atomic E-state index is -1.37. The molecule has 8 rings (SSSR count). The van der Waals surface area contributed by atoms with Crippen molar-refractivity contribution in [3.63, 3.8) is 0 Å². The fourth-order valence-corrected chi connectivity index (χ4v) is 8.21. The van der Waals surface area contributed by atoms with Crippen molar-refractivity contribution in [3.05, 3.63) is 179 Å². The van der Waals surface area contributed by atoms with Crippen molar-refractivity contribution in [1.29, 1.82) is 0 Å². The zero-order valence-corrected chi connectivity index (χ0v) is 30.4. The highest BCUT2D eigenvalue weighted by Gasteiger charge is 2.39. The third-order valence-corrected chi connectivity index (χ3v) is 11.3. The average molecular weight is 743 g/mol. The number of aromatic hydroxyl groups is 8. The van der Waals surface area contributed by atoms with E-state index in [1.54, 1.807) is 49.4 Å². The second-order valence-corrected chi connectivity index (χ2v) is 14.5. The molecular formula is C48H38O8. The van der Waals surface area contributed by atoms with Crippen LogP contribution in [0.25, 0.3) is 32.7 Å². The minimum absolute atomic E-state index is 0.0166. The SMILES string of the molecule is CC(c1ccc(O)cc1)(c1ccc(O)c(-c2ccc3c(O)c(C(C)(c4ccc(O)cc4O)c4ccc(O)cc4O)ccc3c2)c1)c1ccc2ccccc2c1O. The Labute approximate surface area is 322 Å². The van der Waals surface area contributed by atoms with Gasteiger partial charge in [0.2, 0.25) is 0 Å². The number of hydrogen-bond acceptors (Lipinski definition) is 8. The zero-order chi connectivity index (χ0) is 39.5. The molecule has 0 bridgehead atoms. The molecule has 278 valence electrons. The van der Waals surface area contributed by atoms with Crippen molar-refractivity contribution < 1.29 is 40.9 Å². The van der Waals surface area contributed by atoms with Crippen molar-refractivity contribution in [2.24, 2.45) is 0 Å². The lowest BCUT2D eigenvalue weighted by Gasteiger charge is -2.34. The molecule has 0 radical (unpaired) electrons. The summed E-state index contributed by atoms with van der Waals surface area (Å²) < 4.78 is 0. The summed E-state index contributed by atoms with van der Waals surface area (Å²) in [6.45, 7) is 3.72. The Bertz CT molecular complexity index is 2780. The van der Waals surface area contributed by atoms with E-state index < -0.39 is 10.8 Å². The fraction of sp³-hybridized carbons (Fsp3) is 0.0833. The second kappa shape index (κ2) is 13.2. The number of phenolic OH excluding ortho intramolecular Hbond substituents is 8. The smallest absolute Gasteiger partial charge is 0.127 e. The van der Waals surface area contributed by atoms with Crippen LogP contribution in [0.4, 0.5) is 0 Å². The van der Waals surface area contributed by atoms with Gasteiger partial charge in [-0.3, -0.25) is 0 Å². The van der Waals surface area contributed by atoms with Crippen LogP contribution in [0.2, 0.25) is 0 Å². The van der Waals surface area contributed by atoms with Crippen LogP contribution in [-0.2, 0) is 10.8 Å². The summed E-state index contributed by atoms with van der Waals surface area (Å²) in [4.78, 5) is 0. The molecule has 0 amide bonds. The predicted molar refractivity (Wildman–Crippen MR) is 217 cm³/mol. The van der Waals surface area contributed by atoms with Crippen molar-refractivity contribution in [1.82, 2.24) is 0 Å². The molecule has 8 nitrogen and oxygen atoms in total. The van der Waals surface area contributed by atoms with E-state index in [9.17, 15) is 40.9 Å². The summed E-state index contributed by atoms with van der Waals surface area (Å²) in [7, 11) is 0. The lowest BCUT2D eigenvalue weighted by atomic mass is 9.69. The molecule has 0 aromatic heterocycles. The lowest BCUT2D eigenvalue weighted by Crippen LogP contribution is -2.26. The summed E-state index contributed by atoms with van der Waals surface area (Å²) in [5.74, 6) is -0.731. The van der Waals surface area contributed by atoms with Crippen LogP contribution in [0.5, 0.6) is 46.0 Å². The van der Waals surface area contributed by atoms with Crippen molar-refractivity contribution >= 4 is 21.5 Å². The maximum atomic E-state index is 12.0. The van der Waals surface area contributed by atoms with Gasteiger partial charge in [-0.25, -0.2) is 0 Å². The molecule has 56 heavy (non-hydrogen) atoms. The first-order chi connectivity index (χ1) is 26.8. The van der Waals surface area contributed by atoms with Crippen LogP contribution in [0.1, 0.15) is 47.2 Å².